The average Bonchev–Trinajstić information content (AvgIpc) is 2.85. The van der Waals surface area contributed by atoms with Gasteiger partial charge in [0.05, 0.1) is 24.0 Å². The molecule has 2 rings (SSSR count). The number of nitriles is 1. The van der Waals surface area contributed by atoms with E-state index in [-0.39, 0.29) is 11.6 Å². The van der Waals surface area contributed by atoms with Gasteiger partial charge in [-0.2, -0.15) is 5.26 Å². The Morgan fingerprint density at radius 1 is 1.45 bits per heavy atom. The predicted molar refractivity (Wildman–Crippen MR) is 75.1 cm³/mol. The molecule has 0 fully saturated rings. The van der Waals surface area contributed by atoms with Crippen molar-refractivity contribution >= 4 is 17.7 Å². The second-order valence-corrected chi connectivity index (χ2v) is 4.80. The molecular formula is C13H13N5OS. The smallest absolute Gasteiger partial charge is 0.253 e. The van der Waals surface area contributed by atoms with Crippen LogP contribution in [0.4, 0.5) is 0 Å². The van der Waals surface area contributed by atoms with Crippen molar-refractivity contribution in [1.29, 1.82) is 5.26 Å². The number of imidazole rings is 1. The summed E-state index contributed by atoms with van der Waals surface area (Å²) >= 11 is 1.55. The van der Waals surface area contributed by atoms with Crippen molar-refractivity contribution in [2.45, 2.75) is 11.7 Å². The Labute approximate surface area is 120 Å². The summed E-state index contributed by atoms with van der Waals surface area (Å²) in [7, 11) is 1.91. The lowest BCUT2D eigenvalue weighted by molar-refractivity contribution is 0.0949. The molecule has 102 valence electrons. The average molecular weight is 287 g/mol. The van der Waals surface area contributed by atoms with Crippen molar-refractivity contribution in [3.8, 4) is 6.07 Å². The molecule has 6 nitrogen and oxygen atoms in total. The maximum atomic E-state index is 11.9. The van der Waals surface area contributed by atoms with E-state index in [1.807, 2.05) is 23.9 Å². The Morgan fingerprint density at radius 2 is 2.25 bits per heavy atom. The number of carbonyl (C=O) groups excluding carboxylic acids is 1. The highest BCUT2D eigenvalue weighted by Gasteiger charge is 2.09. The summed E-state index contributed by atoms with van der Waals surface area (Å²) in [6.07, 6.45) is 5.08. The van der Waals surface area contributed by atoms with E-state index in [0.29, 0.717) is 12.1 Å². The predicted octanol–water partition coefficient (Wildman–Crippen LogP) is 1.34. The van der Waals surface area contributed by atoms with E-state index in [4.69, 9.17) is 5.26 Å². The first-order valence-electron chi connectivity index (χ1n) is 5.84. The molecule has 0 aliphatic rings. The molecule has 1 amide bonds. The molecule has 20 heavy (non-hydrogen) atoms. The van der Waals surface area contributed by atoms with E-state index in [2.05, 4.69) is 15.3 Å². The minimum Gasteiger partial charge on any atom is -0.346 e. The van der Waals surface area contributed by atoms with E-state index in [1.165, 1.54) is 12.3 Å². The minimum atomic E-state index is -0.228. The first-order valence-corrected chi connectivity index (χ1v) is 7.07. The molecule has 2 aromatic heterocycles. The summed E-state index contributed by atoms with van der Waals surface area (Å²) in [5.74, 6) is -0.228. The molecule has 1 N–H and O–H groups in total. The van der Waals surface area contributed by atoms with Gasteiger partial charge in [-0.15, -0.1) is 0 Å². The zero-order valence-corrected chi connectivity index (χ0v) is 11.9. The van der Waals surface area contributed by atoms with Crippen molar-refractivity contribution < 1.29 is 4.79 Å². The van der Waals surface area contributed by atoms with Crippen LogP contribution in [-0.4, -0.2) is 26.7 Å². The Kier molecular flexibility index (Phi) is 4.38. The van der Waals surface area contributed by atoms with Crippen molar-refractivity contribution in [2.75, 3.05) is 6.26 Å². The van der Waals surface area contributed by atoms with Crippen LogP contribution in [0, 0.1) is 11.3 Å². The van der Waals surface area contributed by atoms with Crippen LogP contribution in [0.3, 0.4) is 0 Å². The lowest BCUT2D eigenvalue weighted by atomic mass is 10.2. The zero-order chi connectivity index (χ0) is 14.5. The van der Waals surface area contributed by atoms with Gasteiger partial charge in [0, 0.05) is 13.2 Å². The molecule has 0 bridgehead atoms. The Hall–Kier alpha value is -2.33. The fraction of sp³-hybridized carbons (Fsp3) is 0.231. The van der Waals surface area contributed by atoms with E-state index in [0.717, 1.165) is 10.9 Å². The molecular weight excluding hydrogens is 274 g/mol. The number of aromatic nitrogens is 3. The van der Waals surface area contributed by atoms with Crippen molar-refractivity contribution in [3.05, 3.63) is 41.5 Å². The monoisotopic (exact) mass is 287 g/mol. The van der Waals surface area contributed by atoms with E-state index >= 15 is 0 Å². The highest BCUT2D eigenvalue weighted by molar-refractivity contribution is 7.98. The standard InChI is InChI=1S/C13H13N5OS/c1-18-11(8-17-13(18)20-2)7-16-12(19)9-3-4-10(5-14)15-6-9/h3-4,6,8H,7H2,1-2H3,(H,16,19). The SMILES string of the molecule is CSc1ncc(CNC(=O)c2ccc(C#N)nc2)n1C. The quantitative estimate of drug-likeness (QED) is 0.858. The van der Waals surface area contributed by atoms with Crippen LogP contribution >= 0.6 is 11.8 Å². The third-order valence-corrected chi connectivity index (χ3v) is 3.54. The molecule has 0 saturated carbocycles. The summed E-state index contributed by atoms with van der Waals surface area (Å²) in [5, 5.41) is 12.3. The van der Waals surface area contributed by atoms with Gasteiger partial charge in [0.15, 0.2) is 5.16 Å². The number of rotatable bonds is 4. The molecule has 0 unspecified atom stereocenters. The van der Waals surface area contributed by atoms with Crippen LogP contribution in [0.25, 0.3) is 0 Å². The fourth-order valence-corrected chi connectivity index (χ4v) is 2.20. The highest BCUT2D eigenvalue weighted by Crippen LogP contribution is 2.13. The van der Waals surface area contributed by atoms with Gasteiger partial charge in [0.2, 0.25) is 0 Å². The van der Waals surface area contributed by atoms with Crippen LogP contribution < -0.4 is 5.32 Å². The minimum absolute atomic E-state index is 0.228. The van der Waals surface area contributed by atoms with Gasteiger partial charge in [-0.05, 0) is 18.4 Å². The maximum absolute atomic E-state index is 11.9. The van der Waals surface area contributed by atoms with E-state index in [9.17, 15) is 4.79 Å². The molecule has 0 atom stereocenters. The number of amides is 1. The molecule has 2 heterocycles. The number of hydrogen-bond acceptors (Lipinski definition) is 5. The van der Waals surface area contributed by atoms with Gasteiger partial charge in [-0.3, -0.25) is 4.79 Å². The molecule has 2 aromatic rings. The van der Waals surface area contributed by atoms with E-state index < -0.39 is 0 Å². The number of hydrogen-bond donors (Lipinski definition) is 1. The zero-order valence-electron chi connectivity index (χ0n) is 11.1. The van der Waals surface area contributed by atoms with Gasteiger partial charge in [0.1, 0.15) is 11.8 Å². The summed E-state index contributed by atoms with van der Waals surface area (Å²) in [4.78, 5) is 20.0. The molecule has 0 aromatic carbocycles. The van der Waals surface area contributed by atoms with Gasteiger partial charge in [-0.1, -0.05) is 11.8 Å². The van der Waals surface area contributed by atoms with Gasteiger partial charge >= 0.3 is 0 Å². The van der Waals surface area contributed by atoms with Crippen molar-refractivity contribution in [2.24, 2.45) is 7.05 Å². The largest absolute Gasteiger partial charge is 0.346 e. The normalized spacial score (nSPS) is 10.1. The van der Waals surface area contributed by atoms with Crippen molar-refractivity contribution in [3.63, 3.8) is 0 Å². The Bertz CT molecular complexity index is 656. The van der Waals surface area contributed by atoms with Gasteiger partial charge < -0.3 is 9.88 Å². The molecule has 0 aliphatic heterocycles. The van der Waals surface area contributed by atoms with Crippen LogP contribution in [0.15, 0.2) is 29.7 Å². The topological polar surface area (TPSA) is 83.6 Å². The maximum Gasteiger partial charge on any atom is 0.253 e. The number of carbonyl (C=O) groups is 1. The molecule has 0 spiro atoms. The highest BCUT2D eigenvalue weighted by atomic mass is 32.2. The van der Waals surface area contributed by atoms with E-state index in [1.54, 1.807) is 24.0 Å². The van der Waals surface area contributed by atoms with Crippen molar-refractivity contribution in [1.82, 2.24) is 19.9 Å². The van der Waals surface area contributed by atoms with Gasteiger partial charge in [0.25, 0.3) is 5.91 Å². The molecule has 0 saturated heterocycles. The van der Waals surface area contributed by atoms with Crippen LogP contribution in [-0.2, 0) is 13.6 Å². The number of nitrogens with zero attached hydrogens (tertiary/aromatic N) is 4. The van der Waals surface area contributed by atoms with Crippen LogP contribution in [0.1, 0.15) is 21.7 Å². The summed E-state index contributed by atoms with van der Waals surface area (Å²) in [5.41, 5.74) is 1.64. The lowest BCUT2D eigenvalue weighted by Gasteiger charge is -2.06. The van der Waals surface area contributed by atoms with Gasteiger partial charge in [-0.25, -0.2) is 9.97 Å². The lowest BCUT2D eigenvalue weighted by Crippen LogP contribution is -2.24. The Morgan fingerprint density at radius 3 is 2.80 bits per heavy atom. The molecule has 0 aliphatic carbocycles. The fourth-order valence-electron chi connectivity index (χ4n) is 1.65. The van der Waals surface area contributed by atoms with Crippen LogP contribution in [0.2, 0.25) is 0 Å². The number of nitrogens with one attached hydrogen (secondary N) is 1. The summed E-state index contributed by atoms with van der Waals surface area (Å²) in [6, 6.07) is 5.01. The third kappa shape index (κ3) is 2.97. The summed E-state index contributed by atoms with van der Waals surface area (Å²) in [6.45, 7) is 0.392. The first-order chi connectivity index (χ1) is 9.65. The Balaban J connectivity index is 2.01. The summed E-state index contributed by atoms with van der Waals surface area (Å²) < 4.78 is 1.93. The second kappa shape index (κ2) is 6.21. The molecule has 0 radical (unpaired) electrons. The van der Waals surface area contributed by atoms with Crippen LogP contribution in [0.5, 0.6) is 0 Å². The number of thioether (sulfide) groups is 1. The molecule has 7 heteroatoms. The third-order valence-electron chi connectivity index (χ3n) is 2.79. The first kappa shape index (κ1) is 14.1. The second-order valence-electron chi connectivity index (χ2n) is 4.02. The number of pyridine rings is 1.